The molecule has 1 N–H and O–H groups in total. The van der Waals surface area contributed by atoms with Crippen molar-refractivity contribution in [2.75, 3.05) is 46.2 Å². The number of thiazole rings is 1. The molecule has 0 aliphatic carbocycles. The maximum Gasteiger partial charge on any atom is 0.227 e. The predicted molar refractivity (Wildman–Crippen MR) is 167 cm³/mol. The molecule has 44 heavy (non-hydrogen) atoms. The number of ether oxygens (including phenoxy) is 3. The fourth-order valence-corrected chi connectivity index (χ4v) is 6.00. The highest BCUT2D eigenvalue weighted by molar-refractivity contribution is 7.13. The second kappa shape index (κ2) is 17.0. The van der Waals surface area contributed by atoms with E-state index in [9.17, 15) is 24.3 Å². The van der Waals surface area contributed by atoms with Gasteiger partial charge in [-0.2, -0.15) is 0 Å². The van der Waals surface area contributed by atoms with Crippen molar-refractivity contribution in [3.63, 3.8) is 0 Å². The van der Waals surface area contributed by atoms with Crippen LogP contribution in [0.1, 0.15) is 58.2 Å². The van der Waals surface area contributed by atoms with Crippen LogP contribution in [0.4, 0.5) is 0 Å². The van der Waals surface area contributed by atoms with Crippen LogP contribution >= 0.6 is 11.3 Å². The Bertz CT molecular complexity index is 1250. The number of hydrogen-bond donors (Lipinski definition) is 1. The summed E-state index contributed by atoms with van der Waals surface area (Å²) in [5.74, 6) is -1.33. The molecular formula is C33H46N2O8S. The summed E-state index contributed by atoms with van der Waals surface area (Å²) in [7, 11) is 0. The van der Waals surface area contributed by atoms with Crippen molar-refractivity contribution in [3.05, 3.63) is 41.0 Å². The quantitative estimate of drug-likeness (QED) is 0.244. The number of amides is 1. The smallest absolute Gasteiger partial charge is 0.227 e. The molecule has 0 saturated carbocycles. The van der Waals surface area contributed by atoms with Crippen LogP contribution < -0.4 is 0 Å². The summed E-state index contributed by atoms with van der Waals surface area (Å²) in [4.78, 5) is 57.7. The Morgan fingerprint density at radius 1 is 1.02 bits per heavy atom. The Labute approximate surface area is 264 Å². The maximum absolute atomic E-state index is 13.8. The van der Waals surface area contributed by atoms with E-state index in [1.807, 2.05) is 57.5 Å². The summed E-state index contributed by atoms with van der Waals surface area (Å²) in [6.07, 6.45) is 0.159. The lowest BCUT2D eigenvalue weighted by Crippen LogP contribution is -2.47. The molecule has 1 aliphatic heterocycles. The third-order valence-electron chi connectivity index (χ3n) is 7.64. The number of aliphatic hydroxyl groups excluding tert-OH is 1. The summed E-state index contributed by atoms with van der Waals surface area (Å²) in [6.45, 7) is 10.2. The van der Waals surface area contributed by atoms with E-state index in [0.717, 1.165) is 21.7 Å². The molecule has 1 fully saturated rings. The number of likely N-dealkylation sites (tertiary alicyclic amines) is 1. The first kappa shape index (κ1) is 35.6. The van der Waals surface area contributed by atoms with Gasteiger partial charge < -0.3 is 24.2 Å². The number of carbonyl (C=O) groups is 4. The first-order valence-corrected chi connectivity index (χ1v) is 16.0. The van der Waals surface area contributed by atoms with Gasteiger partial charge in [0.2, 0.25) is 5.91 Å². The number of aliphatic hydroxyl groups is 1. The Balaban J connectivity index is 1.50. The van der Waals surface area contributed by atoms with Crippen molar-refractivity contribution in [1.82, 2.24) is 9.88 Å². The van der Waals surface area contributed by atoms with E-state index < -0.39 is 23.5 Å². The number of Topliss-reactive ketones (excluding diaryl/α,β-unsaturated/α-hetero) is 3. The van der Waals surface area contributed by atoms with Gasteiger partial charge in [0.15, 0.2) is 17.3 Å². The van der Waals surface area contributed by atoms with Crippen molar-refractivity contribution in [2.45, 2.75) is 72.4 Å². The maximum atomic E-state index is 13.8. The lowest BCUT2D eigenvalue weighted by Gasteiger charge is -2.34. The van der Waals surface area contributed by atoms with E-state index in [1.165, 1.54) is 11.8 Å². The van der Waals surface area contributed by atoms with E-state index in [0.29, 0.717) is 19.6 Å². The molecule has 0 unspecified atom stereocenters. The number of carbonyl (C=O) groups excluding carboxylic acids is 4. The van der Waals surface area contributed by atoms with Gasteiger partial charge in [-0.15, -0.1) is 11.3 Å². The number of ketones is 3. The molecule has 2 heterocycles. The molecule has 10 nitrogen and oxygen atoms in total. The molecule has 1 aromatic heterocycles. The number of hydrogen-bond acceptors (Lipinski definition) is 10. The molecule has 1 saturated heterocycles. The average Bonchev–Trinajstić information content (AvgIpc) is 3.58. The lowest BCUT2D eigenvalue weighted by molar-refractivity contribution is -0.146. The van der Waals surface area contributed by atoms with Crippen LogP contribution in [-0.2, 0) is 39.8 Å². The van der Waals surface area contributed by atoms with Crippen LogP contribution in [0.15, 0.2) is 29.8 Å². The summed E-state index contributed by atoms with van der Waals surface area (Å²) < 4.78 is 15.9. The minimum absolute atomic E-state index is 0.0266. The molecule has 1 aliphatic rings. The summed E-state index contributed by atoms with van der Waals surface area (Å²) in [6, 6.07) is 7.36. The first-order valence-electron chi connectivity index (χ1n) is 15.1. The van der Waals surface area contributed by atoms with Crippen LogP contribution in [-0.4, -0.2) is 96.6 Å². The van der Waals surface area contributed by atoms with Gasteiger partial charge in [0.1, 0.15) is 13.2 Å². The van der Waals surface area contributed by atoms with E-state index >= 15 is 0 Å². The molecule has 1 aromatic carbocycles. The average molecular weight is 631 g/mol. The van der Waals surface area contributed by atoms with Crippen molar-refractivity contribution in [2.24, 2.45) is 11.3 Å². The zero-order chi connectivity index (χ0) is 32.3. The van der Waals surface area contributed by atoms with Crippen LogP contribution in [0.3, 0.4) is 0 Å². The predicted octanol–water partition coefficient (Wildman–Crippen LogP) is 3.84. The molecule has 1 amide bonds. The fourth-order valence-electron chi connectivity index (χ4n) is 5.19. The molecule has 0 spiro atoms. The van der Waals surface area contributed by atoms with Crippen molar-refractivity contribution >= 4 is 34.6 Å². The van der Waals surface area contributed by atoms with Gasteiger partial charge >= 0.3 is 0 Å². The molecule has 11 heteroatoms. The molecular weight excluding hydrogens is 584 g/mol. The van der Waals surface area contributed by atoms with E-state index in [-0.39, 0.29) is 75.5 Å². The molecule has 2 aromatic rings. The summed E-state index contributed by atoms with van der Waals surface area (Å²) in [5, 5.41) is 10.5. The monoisotopic (exact) mass is 630 g/mol. The largest absolute Gasteiger partial charge is 0.391 e. The normalized spacial score (nSPS) is 17.5. The van der Waals surface area contributed by atoms with Crippen LogP contribution in [0.25, 0.3) is 10.4 Å². The molecule has 0 radical (unpaired) electrons. The Morgan fingerprint density at radius 3 is 2.25 bits per heavy atom. The minimum atomic E-state index is -0.789. The fraction of sp³-hybridized carbons (Fsp3) is 0.606. The number of β-amino-alcohol motifs (C(OH)–C–C–N with tert-alkyl or cyclic N) is 1. The van der Waals surface area contributed by atoms with Gasteiger partial charge in [-0.3, -0.25) is 19.2 Å². The van der Waals surface area contributed by atoms with Gasteiger partial charge in [-0.1, -0.05) is 45.0 Å². The van der Waals surface area contributed by atoms with Crippen molar-refractivity contribution < 1.29 is 38.5 Å². The van der Waals surface area contributed by atoms with Gasteiger partial charge in [0.25, 0.3) is 0 Å². The van der Waals surface area contributed by atoms with Gasteiger partial charge in [-0.25, -0.2) is 4.98 Å². The first-order chi connectivity index (χ1) is 20.9. The molecule has 0 bridgehead atoms. The SMILES string of the molecule is CC(=O)COCCOCCOCC(=O)C[C@H](C(=O)N1C[C@H](O)C[C@H]1C(=O)CCc1ccc(-c2scnc2C)cc1)C(C)(C)C. The van der Waals surface area contributed by atoms with Gasteiger partial charge in [0.05, 0.1) is 54.7 Å². The highest BCUT2D eigenvalue weighted by atomic mass is 32.1. The Hall–Kier alpha value is -2.83. The Morgan fingerprint density at radius 2 is 1.66 bits per heavy atom. The van der Waals surface area contributed by atoms with E-state index in [2.05, 4.69) is 4.98 Å². The minimum Gasteiger partial charge on any atom is -0.391 e. The summed E-state index contributed by atoms with van der Waals surface area (Å²) in [5.41, 5.74) is 4.37. The number of aromatic nitrogens is 1. The summed E-state index contributed by atoms with van der Waals surface area (Å²) >= 11 is 1.59. The third kappa shape index (κ3) is 11.0. The standard InChI is InChI=1S/C33H46N2O8S/c1-22(36)19-42-14-12-41-13-15-43-20-27(38)16-28(33(3,4)5)32(40)35-18-26(37)17-29(35)30(39)11-8-24-6-9-25(10-7-24)31-23(2)34-21-44-31/h6-7,9-10,21,26,28-29,37H,8,11-20H2,1-5H3/t26-,28-,29+/m1/s1. The van der Waals surface area contributed by atoms with E-state index in [1.54, 1.807) is 11.3 Å². The second-order valence-corrected chi connectivity index (χ2v) is 13.3. The molecule has 242 valence electrons. The number of nitrogens with zero attached hydrogens (tertiary/aromatic N) is 2. The number of benzene rings is 1. The van der Waals surface area contributed by atoms with Gasteiger partial charge in [-0.05, 0) is 36.8 Å². The zero-order valence-corrected chi connectivity index (χ0v) is 27.3. The van der Waals surface area contributed by atoms with E-state index in [4.69, 9.17) is 14.2 Å². The Kier molecular flexibility index (Phi) is 13.8. The highest BCUT2D eigenvalue weighted by Crippen LogP contribution is 2.34. The molecule has 3 atom stereocenters. The topological polar surface area (TPSA) is 132 Å². The van der Waals surface area contributed by atoms with Crippen LogP contribution in [0, 0.1) is 18.3 Å². The van der Waals surface area contributed by atoms with Crippen LogP contribution in [0.2, 0.25) is 0 Å². The van der Waals surface area contributed by atoms with Crippen molar-refractivity contribution in [1.29, 1.82) is 0 Å². The van der Waals surface area contributed by atoms with Gasteiger partial charge in [0, 0.05) is 31.7 Å². The number of rotatable bonds is 18. The third-order valence-corrected chi connectivity index (χ3v) is 8.62. The highest BCUT2D eigenvalue weighted by Gasteiger charge is 2.44. The lowest BCUT2D eigenvalue weighted by atomic mass is 9.76. The second-order valence-electron chi connectivity index (χ2n) is 12.4. The van der Waals surface area contributed by atoms with Crippen LogP contribution in [0.5, 0.6) is 0 Å². The number of aryl methyl sites for hydroxylation is 2. The molecule has 3 rings (SSSR count). The van der Waals surface area contributed by atoms with Crippen molar-refractivity contribution in [3.8, 4) is 10.4 Å². The zero-order valence-electron chi connectivity index (χ0n) is 26.5.